The third-order valence-electron chi connectivity index (χ3n) is 6.38. The average molecular weight is 545 g/mol. The molecule has 0 fully saturated rings. The van der Waals surface area contributed by atoms with E-state index in [9.17, 15) is 13.0 Å². The van der Waals surface area contributed by atoms with Crippen LogP contribution >= 0.6 is 0 Å². The highest BCUT2D eigenvalue weighted by Gasteiger charge is 2.25. The summed E-state index contributed by atoms with van der Waals surface area (Å²) in [4.78, 5) is 0.0990. The Morgan fingerprint density at radius 2 is 1.00 bits per heavy atom. The van der Waals surface area contributed by atoms with E-state index < -0.39 is 10.1 Å². The van der Waals surface area contributed by atoms with Crippen LogP contribution in [0.3, 0.4) is 0 Å². The van der Waals surface area contributed by atoms with E-state index >= 15 is 0 Å². The number of para-hydroxylation sites is 3. The molecule has 0 unspecified atom stereocenters. The fourth-order valence-corrected chi connectivity index (χ4v) is 5.45. The van der Waals surface area contributed by atoms with Gasteiger partial charge < -0.3 is 0 Å². The Kier molecular flexibility index (Phi) is 10.3. The zero-order chi connectivity index (χ0) is 28.6. The van der Waals surface area contributed by atoms with Crippen molar-refractivity contribution in [3.05, 3.63) is 120 Å². The molecule has 0 aliphatic heterocycles. The molecular weight excluding hydrogens is 504 g/mol. The standard InChI is InChI=1S/C18H16N2.C15H24O3S/c1-4-10-16(11-5-1)19-20(17-12-6-2-7-13-17)18-14-8-3-9-15-18;1-9(2)12-7-13(10(3)4)15(19(16,17)18)14(8-12)11(5)6/h1-15,19H;7-11H,1-6H3,(H,16,17,18). The Morgan fingerprint density at radius 3 is 1.33 bits per heavy atom. The summed E-state index contributed by atoms with van der Waals surface area (Å²) in [6, 6.07) is 34.5. The zero-order valence-electron chi connectivity index (χ0n) is 23.7. The molecule has 0 aliphatic rings. The van der Waals surface area contributed by atoms with Crippen LogP contribution in [-0.4, -0.2) is 13.0 Å². The summed E-state index contributed by atoms with van der Waals surface area (Å²) >= 11 is 0. The van der Waals surface area contributed by atoms with Crippen molar-refractivity contribution in [1.29, 1.82) is 0 Å². The molecule has 39 heavy (non-hydrogen) atoms. The van der Waals surface area contributed by atoms with Crippen LogP contribution in [0.2, 0.25) is 0 Å². The van der Waals surface area contributed by atoms with E-state index in [1.165, 1.54) is 0 Å². The molecule has 0 radical (unpaired) electrons. The number of nitrogens with zero attached hydrogens (tertiary/aromatic N) is 1. The van der Waals surface area contributed by atoms with Crippen LogP contribution in [0.5, 0.6) is 0 Å². The summed E-state index contributed by atoms with van der Waals surface area (Å²) in [7, 11) is -4.20. The first-order chi connectivity index (χ1) is 18.5. The summed E-state index contributed by atoms with van der Waals surface area (Å²) in [5.41, 5.74) is 9.22. The molecule has 0 spiro atoms. The molecule has 0 bridgehead atoms. The highest BCUT2D eigenvalue weighted by Crippen LogP contribution is 2.34. The lowest BCUT2D eigenvalue weighted by Crippen LogP contribution is -2.24. The number of benzene rings is 4. The number of anilines is 3. The highest BCUT2D eigenvalue weighted by molar-refractivity contribution is 7.86. The van der Waals surface area contributed by atoms with Gasteiger partial charge in [0, 0.05) is 0 Å². The van der Waals surface area contributed by atoms with Crippen molar-refractivity contribution in [2.75, 3.05) is 10.4 Å². The second-order valence-corrected chi connectivity index (χ2v) is 11.8. The van der Waals surface area contributed by atoms with Gasteiger partial charge in [-0.15, -0.1) is 0 Å². The monoisotopic (exact) mass is 544 g/mol. The number of hydrogen-bond acceptors (Lipinski definition) is 4. The minimum Gasteiger partial charge on any atom is -0.294 e. The van der Waals surface area contributed by atoms with Crippen molar-refractivity contribution in [2.24, 2.45) is 0 Å². The summed E-state index contributed by atoms with van der Waals surface area (Å²) in [5.74, 6) is 0.423. The van der Waals surface area contributed by atoms with Gasteiger partial charge in [0.25, 0.3) is 10.1 Å². The quantitative estimate of drug-likeness (QED) is 0.171. The van der Waals surface area contributed by atoms with Crippen LogP contribution in [0.4, 0.5) is 17.1 Å². The van der Waals surface area contributed by atoms with Gasteiger partial charge in [-0.2, -0.15) is 8.42 Å². The summed E-state index contributed by atoms with van der Waals surface area (Å²) < 4.78 is 33.0. The van der Waals surface area contributed by atoms with Crippen LogP contribution < -0.4 is 10.4 Å². The van der Waals surface area contributed by atoms with E-state index in [1.807, 2.05) is 94.4 Å². The van der Waals surface area contributed by atoms with E-state index in [4.69, 9.17) is 0 Å². The SMILES string of the molecule is CC(C)c1cc(C(C)C)c(S(=O)(=O)O)c(C(C)C)c1.c1ccc(NN(c2ccccc2)c2ccccc2)cc1. The average Bonchev–Trinajstić information content (AvgIpc) is 2.92. The number of nitrogens with one attached hydrogen (secondary N) is 1. The first kappa shape index (κ1) is 29.9. The lowest BCUT2D eigenvalue weighted by Gasteiger charge is -2.26. The van der Waals surface area contributed by atoms with Crippen molar-refractivity contribution in [3.8, 4) is 0 Å². The van der Waals surface area contributed by atoms with Gasteiger partial charge >= 0.3 is 0 Å². The number of hydrogen-bond donors (Lipinski definition) is 2. The number of hydrazine groups is 1. The summed E-state index contributed by atoms with van der Waals surface area (Å²) in [6.45, 7) is 11.9. The fraction of sp³-hybridized carbons (Fsp3) is 0.273. The predicted molar refractivity (Wildman–Crippen MR) is 164 cm³/mol. The molecule has 5 nitrogen and oxygen atoms in total. The molecule has 6 heteroatoms. The molecule has 0 aromatic heterocycles. The molecular formula is C33H40N2O3S. The van der Waals surface area contributed by atoms with Crippen LogP contribution in [0.1, 0.15) is 76.0 Å². The maximum Gasteiger partial charge on any atom is 0.295 e. The Bertz CT molecular complexity index is 1350. The maximum atomic E-state index is 11.7. The fourth-order valence-electron chi connectivity index (χ4n) is 4.26. The third-order valence-corrected chi connectivity index (χ3v) is 7.37. The summed E-state index contributed by atoms with van der Waals surface area (Å²) in [6.07, 6.45) is 0. The molecule has 4 rings (SSSR count). The van der Waals surface area contributed by atoms with E-state index in [-0.39, 0.29) is 16.7 Å². The Morgan fingerprint density at radius 1 is 0.615 bits per heavy atom. The molecule has 0 saturated heterocycles. The van der Waals surface area contributed by atoms with Gasteiger partial charge in [-0.3, -0.25) is 15.0 Å². The lowest BCUT2D eigenvalue weighted by molar-refractivity contribution is 0.479. The molecule has 4 aromatic carbocycles. The topological polar surface area (TPSA) is 69.6 Å². The summed E-state index contributed by atoms with van der Waals surface area (Å²) in [5, 5.41) is 2.08. The number of rotatable bonds is 8. The predicted octanol–water partition coefficient (Wildman–Crippen LogP) is 9.16. The van der Waals surface area contributed by atoms with Crippen LogP contribution in [0.25, 0.3) is 0 Å². The van der Waals surface area contributed by atoms with Gasteiger partial charge in [0.2, 0.25) is 0 Å². The molecule has 0 aliphatic carbocycles. The Hall–Kier alpha value is -3.61. The van der Waals surface area contributed by atoms with Crippen molar-refractivity contribution >= 4 is 27.2 Å². The van der Waals surface area contributed by atoms with Crippen molar-refractivity contribution < 1.29 is 13.0 Å². The minimum absolute atomic E-state index is 0.0492. The zero-order valence-corrected chi connectivity index (χ0v) is 24.5. The molecule has 206 valence electrons. The van der Waals surface area contributed by atoms with Crippen LogP contribution in [-0.2, 0) is 10.1 Å². The molecule has 0 amide bonds. The van der Waals surface area contributed by atoms with Gasteiger partial charge in [0.05, 0.1) is 17.1 Å². The van der Waals surface area contributed by atoms with E-state index in [1.54, 1.807) is 0 Å². The normalized spacial score (nSPS) is 11.3. The van der Waals surface area contributed by atoms with E-state index in [2.05, 4.69) is 60.7 Å². The third kappa shape index (κ3) is 8.19. The molecule has 2 N–H and O–H groups in total. The van der Waals surface area contributed by atoms with E-state index in [0.717, 1.165) is 22.6 Å². The lowest BCUT2D eigenvalue weighted by atomic mass is 9.89. The van der Waals surface area contributed by atoms with Gasteiger partial charge in [-0.05, 0) is 70.8 Å². The second kappa shape index (κ2) is 13.5. The highest BCUT2D eigenvalue weighted by atomic mass is 32.2. The second-order valence-electron chi connectivity index (χ2n) is 10.5. The van der Waals surface area contributed by atoms with Gasteiger partial charge in [-0.25, -0.2) is 0 Å². The molecule has 0 heterocycles. The molecule has 0 saturated carbocycles. The van der Waals surface area contributed by atoms with Gasteiger partial charge in [0.15, 0.2) is 0 Å². The van der Waals surface area contributed by atoms with Crippen molar-refractivity contribution in [3.63, 3.8) is 0 Å². The molecule has 0 atom stereocenters. The smallest absolute Gasteiger partial charge is 0.294 e. The van der Waals surface area contributed by atoms with Crippen molar-refractivity contribution in [2.45, 2.75) is 64.2 Å². The van der Waals surface area contributed by atoms with Crippen LogP contribution in [0, 0.1) is 0 Å². The maximum absolute atomic E-state index is 11.7. The van der Waals surface area contributed by atoms with Crippen molar-refractivity contribution in [1.82, 2.24) is 0 Å². The Balaban J connectivity index is 0.000000216. The minimum atomic E-state index is -4.20. The first-order valence-corrected chi connectivity index (χ1v) is 14.8. The molecule has 4 aromatic rings. The van der Waals surface area contributed by atoms with E-state index in [0.29, 0.717) is 17.0 Å². The van der Waals surface area contributed by atoms with Gasteiger partial charge in [-0.1, -0.05) is 108 Å². The Labute approximate surface area is 234 Å². The van der Waals surface area contributed by atoms with Gasteiger partial charge in [0.1, 0.15) is 4.90 Å². The van der Waals surface area contributed by atoms with Crippen LogP contribution in [0.15, 0.2) is 108 Å². The largest absolute Gasteiger partial charge is 0.295 e. The first-order valence-electron chi connectivity index (χ1n) is 13.4.